The number of allylic oxidation sites excluding steroid dienone is 2. The van der Waals surface area contributed by atoms with Gasteiger partial charge >= 0.3 is 0 Å². The van der Waals surface area contributed by atoms with E-state index in [4.69, 9.17) is 0 Å². The maximum atomic E-state index is 14.2. The fourth-order valence-electron chi connectivity index (χ4n) is 6.71. The summed E-state index contributed by atoms with van der Waals surface area (Å²) in [5, 5.41) is 17.2. The number of rotatable bonds is 13. The van der Waals surface area contributed by atoms with Crippen molar-refractivity contribution in [2.75, 3.05) is 18.6 Å². The number of carbonyl (C=O) groups excluding carboxylic acids is 4. The second-order valence-electron chi connectivity index (χ2n) is 11.3. The van der Waals surface area contributed by atoms with Crippen molar-refractivity contribution in [1.82, 2.24) is 10.6 Å². The van der Waals surface area contributed by atoms with Crippen molar-refractivity contribution in [1.29, 1.82) is 0 Å². The summed E-state index contributed by atoms with van der Waals surface area (Å²) in [6, 6.07) is 0. The Bertz CT molecular complexity index is 1000. The quantitative estimate of drug-likeness (QED) is 0.140. The Kier molecular flexibility index (Phi) is 10.6. The maximum absolute atomic E-state index is 14.2. The zero-order valence-corrected chi connectivity index (χ0v) is 24.1. The van der Waals surface area contributed by atoms with Crippen LogP contribution < -0.4 is 10.6 Å². The number of aliphatic hydroxyl groups is 1. The molecule has 1 fully saturated rings. The van der Waals surface area contributed by atoms with Gasteiger partial charge in [0.2, 0.25) is 5.91 Å². The number of hydrogen-bond donors (Lipinski definition) is 3. The fourth-order valence-corrected chi connectivity index (χ4v) is 7.15. The average Bonchev–Trinajstić information content (AvgIpc) is 3.17. The Labute approximate surface area is 231 Å². The number of amides is 3. The molecule has 7 atom stereocenters. The van der Waals surface area contributed by atoms with Gasteiger partial charge in [-0.15, -0.1) is 6.58 Å². The molecular weight excluding hydrogens is 500 g/mol. The van der Waals surface area contributed by atoms with E-state index in [2.05, 4.69) is 24.1 Å². The Morgan fingerprint density at radius 1 is 1.26 bits per heavy atom. The van der Waals surface area contributed by atoms with Crippen LogP contribution in [0.15, 0.2) is 36.0 Å². The highest BCUT2D eigenvalue weighted by atomic mass is 32.2. The summed E-state index contributed by atoms with van der Waals surface area (Å²) in [6.07, 6.45) is 12.4. The number of imide groups is 1. The largest absolute Gasteiger partial charge is 0.385 e. The standard InChI is InChI=1S/C30H44N2O5S/c1-6-8-9-11-20(7-2)23-24(29(36)32-28(23)35)26(33)22-18(3)12-13-30(37)17-21(16-19(4)25(22)30)27(34)31-14-10-15-38-5/h7,12-13,18-22,25,37H,2,6,8-11,14-17H2,1,3-5H3,(H,31,34)(H,32,35,36). The van der Waals surface area contributed by atoms with Crippen molar-refractivity contribution in [2.45, 2.75) is 71.3 Å². The van der Waals surface area contributed by atoms with Crippen molar-refractivity contribution >= 4 is 35.3 Å². The van der Waals surface area contributed by atoms with Crippen LogP contribution in [0.3, 0.4) is 0 Å². The molecular formula is C30H44N2O5S. The molecule has 38 heavy (non-hydrogen) atoms. The molecule has 1 heterocycles. The van der Waals surface area contributed by atoms with Crippen LogP contribution in [0.4, 0.5) is 0 Å². The predicted octanol–water partition coefficient (Wildman–Crippen LogP) is 3.98. The third-order valence-electron chi connectivity index (χ3n) is 8.55. The van der Waals surface area contributed by atoms with E-state index in [1.807, 2.05) is 26.2 Å². The summed E-state index contributed by atoms with van der Waals surface area (Å²) in [6.45, 7) is 10.5. The number of Topliss-reactive ketones (excluding diaryl/α,β-unsaturated/α-hetero) is 1. The van der Waals surface area contributed by atoms with Crippen LogP contribution in [-0.4, -0.2) is 52.8 Å². The van der Waals surface area contributed by atoms with Crippen LogP contribution in [0.5, 0.6) is 0 Å². The second kappa shape index (κ2) is 13.2. The minimum atomic E-state index is -1.34. The highest BCUT2D eigenvalue weighted by molar-refractivity contribution is 7.98. The first-order valence-corrected chi connectivity index (χ1v) is 15.4. The summed E-state index contributed by atoms with van der Waals surface area (Å²) in [4.78, 5) is 52.9. The highest BCUT2D eigenvalue weighted by Gasteiger charge is 2.55. The van der Waals surface area contributed by atoms with E-state index >= 15 is 0 Å². The topological polar surface area (TPSA) is 113 Å². The molecule has 0 bridgehead atoms. The maximum Gasteiger partial charge on any atom is 0.262 e. The first kappa shape index (κ1) is 30.4. The number of nitrogens with one attached hydrogen (secondary N) is 2. The number of hydrogen-bond acceptors (Lipinski definition) is 6. The molecule has 7 unspecified atom stereocenters. The van der Waals surface area contributed by atoms with E-state index in [9.17, 15) is 24.3 Å². The molecule has 0 spiro atoms. The molecule has 3 rings (SSSR count). The van der Waals surface area contributed by atoms with E-state index < -0.39 is 35.0 Å². The summed E-state index contributed by atoms with van der Waals surface area (Å²) in [5.41, 5.74) is -1.21. The molecule has 2 aliphatic carbocycles. The molecule has 7 nitrogen and oxygen atoms in total. The van der Waals surface area contributed by atoms with Crippen molar-refractivity contribution in [3.05, 3.63) is 36.0 Å². The summed E-state index contributed by atoms with van der Waals surface area (Å²) in [5.74, 6) is -2.91. The van der Waals surface area contributed by atoms with Crippen LogP contribution >= 0.6 is 11.8 Å². The van der Waals surface area contributed by atoms with Crippen molar-refractivity contribution in [3.63, 3.8) is 0 Å². The first-order valence-electron chi connectivity index (χ1n) is 14.0. The zero-order valence-electron chi connectivity index (χ0n) is 23.3. The van der Waals surface area contributed by atoms with Crippen LogP contribution in [-0.2, 0) is 19.2 Å². The lowest BCUT2D eigenvalue weighted by atomic mass is 9.55. The normalized spacial score (nSPS) is 31.6. The van der Waals surface area contributed by atoms with Gasteiger partial charge in [0.15, 0.2) is 5.78 Å². The smallest absolute Gasteiger partial charge is 0.262 e. The lowest BCUT2D eigenvalue weighted by molar-refractivity contribution is -0.144. The van der Waals surface area contributed by atoms with Gasteiger partial charge in [0.1, 0.15) is 0 Å². The second-order valence-corrected chi connectivity index (χ2v) is 12.3. The van der Waals surface area contributed by atoms with Crippen LogP contribution in [0.1, 0.15) is 65.7 Å². The van der Waals surface area contributed by atoms with E-state index in [1.54, 1.807) is 23.9 Å². The molecule has 3 N–H and O–H groups in total. The predicted molar refractivity (Wildman–Crippen MR) is 151 cm³/mol. The number of unbranched alkanes of at least 4 members (excludes halogenated alkanes) is 2. The molecule has 0 aromatic carbocycles. The molecule has 3 aliphatic rings. The van der Waals surface area contributed by atoms with Crippen LogP contribution in [0.2, 0.25) is 0 Å². The SMILES string of the molecule is C=CC(CCCCC)C1=C(C(=O)C2C(C)C=CC3(O)CC(C(=O)NCCCSC)CC(C)C23)C(=O)NC1=O. The number of carbonyl (C=O) groups is 4. The minimum absolute atomic E-state index is 0.0635. The van der Waals surface area contributed by atoms with Crippen molar-refractivity contribution < 1.29 is 24.3 Å². The van der Waals surface area contributed by atoms with Gasteiger partial charge in [-0.3, -0.25) is 24.5 Å². The monoisotopic (exact) mass is 544 g/mol. The number of fused-ring (bicyclic) bond motifs is 1. The van der Waals surface area contributed by atoms with Gasteiger partial charge in [0.05, 0.1) is 11.2 Å². The number of thioether (sulfide) groups is 1. The summed E-state index contributed by atoms with van der Waals surface area (Å²) >= 11 is 1.73. The molecule has 8 heteroatoms. The highest BCUT2D eigenvalue weighted by Crippen LogP contribution is 2.51. The molecule has 1 saturated carbocycles. The Balaban J connectivity index is 1.89. The molecule has 210 valence electrons. The van der Waals surface area contributed by atoms with E-state index in [0.717, 1.165) is 31.4 Å². The van der Waals surface area contributed by atoms with Gasteiger partial charge in [-0.25, -0.2) is 0 Å². The van der Waals surface area contributed by atoms with Gasteiger partial charge in [-0.1, -0.05) is 58.3 Å². The third kappa shape index (κ3) is 6.33. The average molecular weight is 545 g/mol. The third-order valence-corrected chi connectivity index (χ3v) is 9.25. The minimum Gasteiger partial charge on any atom is -0.385 e. The molecule has 1 aliphatic heterocycles. The van der Waals surface area contributed by atoms with Crippen LogP contribution in [0.25, 0.3) is 0 Å². The Morgan fingerprint density at radius 2 is 2.00 bits per heavy atom. The first-order chi connectivity index (χ1) is 18.1. The molecule has 0 aromatic heterocycles. The van der Waals surface area contributed by atoms with E-state index in [1.165, 1.54) is 0 Å². The van der Waals surface area contributed by atoms with Crippen molar-refractivity contribution in [2.24, 2.45) is 35.5 Å². The van der Waals surface area contributed by atoms with Crippen LogP contribution in [0, 0.1) is 35.5 Å². The zero-order chi connectivity index (χ0) is 28.0. The summed E-state index contributed by atoms with van der Waals surface area (Å²) in [7, 11) is 0. The number of ketones is 1. The Hall–Kier alpha value is -2.19. The van der Waals surface area contributed by atoms with Gasteiger partial charge in [0.25, 0.3) is 11.8 Å². The molecule has 3 amide bonds. The van der Waals surface area contributed by atoms with Gasteiger partial charge < -0.3 is 10.4 Å². The van der Waals surface area contributed by atoms with E-state index in [0.29, 0.717) is 19.4 Å². The van der Waals surface area contributed by atoms with E-state index in [-0.39, 0.29) is 47.1 Å². The lowest BCUT2D eigenvalue weighted by Crippen LogP contribution is -2.56. The van der Waals surface area contributed by atoms with Crippen molar-refractivity contribution in [3.8, 4) is 0 Å². The molecule has 0 aromatic rings. The fraction of sp³-hybridized carbons (Fsp3) is 0.667. The van der Waals surface area contributed by atoms with Gasteiger partial charge in [-0.2, -0.15) is 11.8 Å². The Morgan fingerprint density at radius 3 is 2.66 bits per heavy atom. The molecule has 0 saturated heterocycles. The van der Waals surface area contributed by atoms with Gasteiger partial charge in [0, 0.05) is 35.8 Å². The van der Waals surface area contributed by atoms with Gasteiger partial charge in [-0.05, 0) is 49.5 Å². The molecule has 0 radical (unpaired) electrons. The summed E-state index contributed by atoms with van der Waals surface area (Å²) < 4.78 is 0. The lowest BCUT2D eigenvalue weighted by Gasteiger charge is -2.51.